The predicted molar refractivity (Wildman–Crippen MR) is 76.3 cm³/mol. The second-order valence-electron chi connectivity index (χ2n) is 4.35. The van der Waals surface area contributed by atoms with Crippen molar-refractivity contribution in [3.05, 3.63) is 58.9 Å². The fourth-order valence-electron chi connectivity index (χ4n) is 1.72. The second kappa shape index (κ2) is 5.44. The van der Waals surface area contributed by atoms with Crippen molar-refractivity contribution in [2.75, 3.05) is 5.73 Å². The maximum Gasteiger partial charge on any atom is 0.128 e. The molecule has 0 atom stereocenters. The molecule has 0 unspecified atom stereocenters. The molecule has 2 rings (SSSR count). The van der Waals surface area contributed by atoms with E-state index in [4.69, 9.17) is 5.73 Å². The Kier molecular flexibility index (Phi) is 3.92. The van der Waals surface area contributed by atoms with Crippen LogP contribution in [-0.4, -0.2) is 0 Å². The number of anilines is 1. The molecule has 18 heavy (non-hydrogen) atoms. The van der Waals surface area contributed by atoms with Crippen LogP contribution < -0.4 is 5.73 Å². The first-order valence-electron chi connectivity index (χ1n) is 5.81. The van der Waals surface area contributed by atoms with Crippen molar-refractivity contribution in [2.24, 2.45) is 0 Å². The third-order valence-corrected chi connectivity index (χ3v) is 4.06. The molecule has 0 aromatic heterocycles. The van der Waals surface area contributed by atoms with Crippen molar-refractivity contribution in [3.63, 3.8) is 0 Å². The van der Waals surface area contributed by atoms with Gasteiger partial charge in [-0.15, -0.1) is 11.8 Å². The van der Waals surface area contributed by atoms with E-state index < -0.39 is 0 Å². The third-order valence-electron chi connectivity index (χ3n) is 2.94. The molecule has 0 saturated carbocycles. The van der Waals surface area contributed by atoms with E-state index in [1.54, 1.807) is 18.7 Å². The molecule has 2 N–H and O–H groups in total. The highest BCUT2D eigenvalue weighted by atomic mass is 32.2. The minimum atomic E-state index is -0.243. The van der Waals surface area contributed by atoms with Gasteiger partial charge in [-0.2, -0.15) is 0 Å². The summed E-state index contributed by atoms with van der Waals surface area (Å²) in [4.78, 5) is 0.942. The lowest BCUT2D eigenvalue weighted by atomic mass is 10.1. The van der Waals surface area contributed by atoms with Gasteiger partial charge in [0.1, 0.15) is 5.82 Å². The van der Waals surface area contributed by atoms with E-state index in [9.17, 15) is 4.39 Å². The van der Waals surface area contributed by atoms with Crippen LogP contribution in [0.3, 0.4) is 0 Å². The third kappa shape index (κ3) is 2.85. The van der Waals surface area contributed by atoms with E-state index in [1.165, 1.54) is 17.2 Å². The van der Waals surface area contributed by atoms with Crippen LogP contribution in [0.1, 0.15) is 16.7 Å². The van der Waals surface area contributed by atoms with E-state index in [0.717, 1.165) is 10.6 Å². The first-order valence-corrected chi connectivity index (χ1v) is 6.79. The normalized spacial score (nSPS) is 10.6. The topological polar surface area (TPSA) is 26.0 Å². The van der Waals surface area contributed by atoms with Gasteiger partial charge in [-0.3, -0.25) is 0 Å². The molecule has 0 bridgehead atoms. The van der Waals surface area contributed by atoms with Crippen molar-refractivity contribution in [1.29, 1.82) is 0 Å². The maximum absolute atomic E-state index is 13.3. The van der Waals surface area contributed by atoms with E-state index in [-0.39, 0.29) is 5.82 Å². The molecule has 0 saturated heterocycles. The number of nitrogen functional groups attached to an aromatic ring is 1. The Balaban J connectivity index is 2.16. The summed E-state index contributed by atoms with van der Waals surface area (Å²) in [6.07, 6.45) is 0. The molecule has 3 heteroatoms. The summed E-state index contributed by atoms with van der Waals surface area (Å²) in [5, 5.41) is 0. The summed E-state index contributed by atoms with van der Waals surface area (Å²) in [6.45, 7) is 3.85. The molecule has 0 aliphatic rings. The highest BCUT2D eigenvalue weighted by Gasteiger charge is 2.06. The minimum absolute atomic E-state index is 0.243. The van der Waals surface area contributed by atoms with E-state index in [2.05, 4.69) is 19.1 Å². The number of nitrogens with two attached hydrogens (primary N) is 1. The molecular weight excluding hydrogens is 245 g/mol. The Morgan fingerprint density at radius 1 is 1.11 bits per heavy atom. The van der Waals surface area contributed by atoms with Crippen LogP contribution in [0.5, 0.6) is 0 Å². The highest BCUT2D eigenvalue weighted by Crippen LogP contribution is 2.30. The van der Waals surface area contributed by atoms with Crippen LogP contribution in [0.25, 0.3) is 0 Å². The Bertz CT molecular complexity index is 566. The highest BCUT2D eigenvalue weighted by molar-refractivity contribution is 7.98. The molecule has 1 nitrogen and oxygen atoms in total. The van der Waals surface area contributed by atoms with Crippen molar-refractivity contribution in [1.82, 2.24) is 0 Å². The quantitative estimate of drug-likeness (QED) is 0.658. The van der Waals surface area contributed by atoms with Gasteiger partial charge in [0.15, 0.2) is 0 Å². The number of hydrogen-bond donors (Lipinski definition) is 1. The van der Waals surface area contributed by atoms with Crippen LogP contribution in [0.4, 0.5) is 10.1 Å². The van der Waals surface area contributed by atoms with E-state index in [0.29, 0.717) is 11.3 Å². The lowest BCUT2D eigenvalue weighted by Crippen LogP contribution is -1.94. The number of thioether (sulfide) groups is 1. The Labute approximate surface area is 111 Å². The molecule has 0 spiro atoms. The summed E-state index contributed by atoms with van der Waals surface area (Å²) in [5.41, 5.74) is 9.53. The van der Waals surface area contributed by atoms with Gasteiger partial charge in [-0.1, -0.05) is 24.3 Å². The molecule has 2 aromatic carbocycles. The monoisotopic (exact) mass is 261 g/mol. The summed E-state index contributed by atoms with van der Waals surface area (Å²) in [7, 11) is 0. The second-order valence-corrected chi connectivity index (χ2v) is 5.37. The smallest absolute Gasteiger partial charge is 0.128 e. The van der Waals surface area contributed by atoms with Crippen LogP contribution in [0.2, 0.25) is 0 Å². The van der Waals surface area contributed by atoms with Crippen LogP contribution >= 0.6 is 11.8 Å². The Hall–Kier alpha value is -1.48. The summed E-state index contributed by atoms with van der Waals surface area (Å²) >= 11 is 1.65. The number of halogens is 1. The zero-order valence-corrected chi connectivity index (χ0v) is 11.4. The van der Waals surface area contributed by atoms with Gasteiger partial charge in [-0.25, -0.2) is 4.39 Å². The lowest BCUT2D eigenvalue weighted by molar-refractivity contribution is 0.618. The zero-order chi connectivity index (χ0) is 13.1. The average Bonchev–Trinajstić information content (AvgIpc) is 2.34. The van der Waals surface area contributed by atoms with Crippen molar-refractivity contribution < 1.29 is 4.39 Å². The number of benzene rings is 2. The van der Waals surface area contributed by atoms with Gasteiger partial charge in [0, 0.05) is 16.3 Å². The van der Waals surface area contributed by atoms with Crippen molar-refractivity contribution in [2.45, 2.75) is 24.5 Å². The van der Waals surface area contributed by atoms with Gasteiger partial charge in [0.2, 0.25) is 0 Å². The average molecular weight is 261 g/mol. The van der Waals surface area contributed by atoms with Gasteiger partial charge < -0.3 is 5.73 Å². The fourth-order valence-corrected chi connectivity index (χ4v) is 2.84. The van der Waals surface area contributed by atoms with Gasteiger partial charge in [0.05, 0.1) is 0 Å². The minimum Gasteiger partial charge on any atom is -0.398 e. The molecule has 94 valence electrons. The maximum atomic E-state index is 13.3. The number of hydrogen-bond acceptors (Lipinski definition) is 2. The van der Waals surface area contributed by atoms with E-state index >= 15 is 0 Å². The Morgan fingerprint density at radius 2 is 1.83 bits per heavy atom. The van der Waals surface area contributed by atoms with Gasteiger partial charge in [0.25, 0.3) is 0 Å². The van der Waals surface area contributed by atoms with Crippen molar-refractivity contribution in [3.8, 4) is 0 Å². The van der Waals surface area contributed by atoms with Crippen LogP contribution in [0.15, 0.2) is 41.3 Å². The number of aryl methyl sites for hydroxylation is 2. The fraction of sp³-hybridized carbons (Fsp3) is 0.200. The molecule has 0 amide bonds. The summed E-state index contributed by atoms with van der Waals surface area (Å²) in [6, 6.07) is 11.5. The largest absolute Gasteiger partial charge is 0.398 e. The molecule has 0 radical (unpaired) electrons. The Morgan fingerprint density at radius 3 is 2.56 bits per heavy atom. The first kappa shape index (κ1) is 13.0. The van der Waals surface area contributed by atoms with Crippen LogP contribution in [0, 0.1) is 19.7 Å². The number of rotatable bonds is 3. The molecule has 0 aliphatic heterocycles. The predicted octanol–water partition coefficient (Wildman–Crippen LogP) is 4.32. The van der Waals surface area contributed by atoms with Gasteiger partial charge >= 0.3 is 0 Å². The lowest BCUT2D eigenvalue weighted by Gasteiger charge is -2.09. The SMILES string of the molecule is Cc1cc(SCc2ccccc2C)c(N)cc1F. The van der Waals surface area contributed by atoms with Crippen molar-refractivity contribution >= 4 is 17.4 Å². The molecule has 0 fully saturated rings. The molecule has 0 aliphatic carbocycles. The molecule has 0 heterocycles. The van der Waals surface area contributed by atoms with E-state index in [1.807, 2.05) is 18.2 Å². The molecular formula is C15H16FNS. The van der Waals surface area contributed by atoms with Gasteiger partial charge in [-0.05, 0) is 42.7 Å². The van der Waals surface area contributed by atoms with Crippen LogP contribution in [-0.2, 0) is 5.75 Å². The summed E-state index contributed by atoms with van der Waals surface area (Å²) in [5.74, 6) is 0.606. The summed E-state index contributed by atoms with van der Waals surface area (Å²) < 4.78 is 13.3. The zero-order valence-electron chi connectivity index (χ0n) is 10.5. The molecule has 2 aromatic rings. The standard InChI is InChI=1S/C15H16FNS/c1-10-5-3-4-6-12(10)9-18-15-7-11(2)13(16)8-14(15)17/h3-8H,9,17H2,1-2H3. The first-order chi connectivity index (χ1) is 8.58.